The summed E-state index contributed by atoms with van der Waals surface area (Å²) in [6.07, 6.45) is 5.13. The zero-order valence-corrected chi connectivity index (χ0v) is 21.3. The molecule has 0 spiro atoms. The molecule has 2 aromatic carbocycles. The third-order valence-corrected chi connectivity index (χ3v) is 7.23. The fraction of sp³-hybridized carbons (Fsp3) is 0.345. The molecule has 192 valence electrons. The van der Waals surface area contributed by atoms with Crippen LogP contribution in [-0.4, -0.2) is 32.8 Å². The lowest BCUT2D eigenvalue weighted by molar-refractivity contribution is -0.124. The van der Waals surface area contributed by atoms with Crippen LogP contribution < -0.4 is 10.6 Å². The molecule has 1 saturated carbocycles. The van der Waals surface area contributed by atoms with Gasteiger partial charge in [0.05, 0.1) is 5.69 Å². The van der Waals surface area contributed by atoms with Crippen LogP contribution in [0.15, 0.2) is 59.1 Å². The van der Waals surface area contributed by atoms with Crippen molar-refractivity contribution in [3.8, 4) is 17.0 Å². The average molecular weight is 501 g/mol. The molecule has 1 amide bonds. The van der Waals surface area contributed by atoms with E-state index in [1.807, 2.05) is 56.3 Å². The number of hydrogen-bond acceptors (Lipinski definition) is 5. The largest absolute Gasteiger partial charge is 0.477 e. The summed E-state index contributed by atoms with van der Waals surface area (Å²) in [5.41, 5.74) is 8.86. The Kier molecular flexibility index (Phi) is 6.50. The van der Waals surface area contributed by atoms with Crippen molar-refractivity contribution in [1.29, 1.82) is 0 Å². The molecular weight excluding hydrogens is 468 g/mol. The second kappa shape index (κ2) is 9.76. The summed E-state index contributed by atoms with van der Waals surface area (Å²) in [5, 5.41) is 15.5. The van der Waals surface area contributed by atoms with Crippen LogP contribution >= 0.6 is 0 Å². The molecule has 8 nitrogen and oxygen atoms in total. The molecule has 0 unspecified atom stereocenters. The van der Waals surface area contributed by atoms with E-state index < -0.39 is 5.97 Å². The van der Waals surface area contributed by atoms with Crippen molar-refractivity contribution in [2.75, 3.05) is 10.6 Å². The lowest BCUT2D eigenvalue weighted by Crippen LogP contribution is -2.43. The number of hydrogen-bond donors (Lipinski definition) is 2. The molecule has 0 atom stereocenters. The van der Waals surface area contributed by atoms with E-state index in [1.165, 1.54) is 10.9 Å². The number of anilines is 2. The molecule has 4 aromatic rings. The van der Waals surface area contributed by atoms with E-state index >= 15 is 0 Å². The maximum Gasteiger partial charge on any atom is 0.341 e. The summed E-state index contributed by atoms with van der Waals surface area (Å²) >= 11 is 0. The third-order valence-electron chi connectivity index (χ3n) is 7.23. The predicted octanol–water partition coefficient (Wildman–Crippen LogP) is 6.13. The fourth-order valence-electron chi connectivity index (χ4n) is 5.12. The number of aromatic nitrogens is 2. The Balaban J connectivity index is 1.46. The summed E-state index contributed by atoms with van der Waals surface area (Å²) in [7, 11) is 0. The highest BCUT2D eigenvalue weighted by atomic mass is 16.4. The number of furan rings is 1. The van der Waals surface area contributed by atoms with Crippen LogP contribution in [0.25, 0.3) is 28.0 Å². The summed E-state index contributed by atoms with van der Waals surface area (Å²) in [4.78, 5) is 27.3. The average Bonchev–Trinajstić information content (AvgIpc) is 3.49. The Morgan fingerprint density at radius 2 is 1.78 bits per heavy atom. The van der Waals surface area contributed by atoms with E-state index in [2.05, 4.69) is 12.0 Å². The Hall–Kier alpha value is -4.07. The first-order chi connectivity index (χ1) is 17.7. The van der Waals surface area contributed by atoms with Crippen molar-refractivity contribution < 1.29 is 19.1 Å². The minimum Gasteiger partial charge on any atom is -0.477 e. The van der Waals surface area contributed by atoms with Gasteiger partial charge >= 0.3 is 5.97 Å². The van der Waals surface area contributed by atoms with E-state index in [4.69, 9.17) is 10.2 Å². The van der Waals surface area contributed by atoms with Gasteiger partial charge in [-0.2, -0.15) is 0 Å². The van der Waals surface area contributed by atoms with Gasteiger partial charge in [-0.05, 0) is 94.0 Å². The normalized spacial score (nSPS) is 17.8. The van der Waals surface area contributed by atoms with Crippen molar-refractivity contribution in [2.45, 2.75) is 52.5 Å². The maximum atomic E-state index is 13.5. The second-order valence-electron chi connectivity index (χ2n) is 10.3. The lowest BCUT2D eigenvalue weighted by Gasteiger charge is -2.32. The molecule has 5 rings (SSSR count). The molecule has 2 aromatic heterocycles. The molecule has 0 bridgehead atoms. The molecule has 1 fully saturated rings. The van der Waals surface area contributed by atoms with Gasteiger partial charge < -0.3 is 15.3 Å². The molecule has 1 aliphatic rings. The fourth-order valence-corrected chi connectivity index (χ4v) is 5.12. The first-order valence-corrected chi connectivity index (χ1v) is 12.8. The summed E-state index contributed by atoms with van der Waals surface area (Å²) < 4.78 is 7.48. The highest BCUT2D eigenvalue weighted by Crippen LogP contribution is 2.33. The van der Waals surface area contributed by atoms with Crippen molar-refractivity contribution in [3.63, 3.8) is 0 Å². The lowest BCUT2D eigenvalue weighted by atomic mass is 9.82. The Bertz CT molecular complexity index is 1440. The highest BCUT2D eigenvalue weighted by molar-refractivity contribution is 6.01. The molecule has 3 N–H and O–H groups in total. The van der Waals surface area contributed by atoms with Gasteiger partial charge in [0.15, 0.2) is 5.82 Å². The zero-order chi connectivity index (χ0) is 26.3. The van der Waals surface area contributed by atoms with Gasteiger partial charge in [0, 0.05) is 34.8 Å². The van der Waals surface area contributed by atoms with E-state index in [0.717, 1.165) is 42.2 Å². The van der Waals surface area contributed by atoms with Gasteiger partial charge in [0.2, 0.25) is 5.91 Å². The Labute approximate surface area is 215 Å². The number of carboxylic acids is 1. The van der Waals surface area contributed by atoms with Crippen LogP contribution in [0.1, 0.15) is 56.8 Å². The van der Waals surface area contributed by atoms with Crippen molar-refractivity contribution in [1.82, 2.24) is 9.78 Å². The van der Waals surface area contributed by atoms with Gasteiger partial charge in [-0.25, -0.2) is 9.48 Å². The summed E-state index contributed by atoms with van der Waals surface area (Å²) in [6.45, 7) is 5.99. The molecule has 0 saturated heterocycles. The van der Waals surface area contributed by atoms with Crippen molar-refractivity contribution in [2.24, 2.45) is 11.8 Å². The Morgan fingerprint density at radius 3 is 2.43 bits per heavy atom. The number of nitrogens with zero attached hydrogens (tertiary/aromatic N) is 3. The van der Waals surface area contributed by atoms with E-state index in [-0.39, 0.29) is 29.2 Å². The number of benzene rings is 2. The number of carboxylic acid groups (broad SMARTS) is 1. The van der Waals surface area contributed by atoms with Gasteiger partial charge in [-0.3, -0.25) is 9.69 Å². The highest BCUT2D eigenvalue weighted by Gasteiger charge is 2.34. The molecule has 37 heavy (non-hydrogen) atoms. The zero-order valence-electron chi connectivity index (χ0n) is 21.3. The number of fused-ring (bicyclic) bond motifs is 1. The molecule has 0 radical (unpaired) electrons. The third kappa shape index (κ3) is 4.83. The van der Waals surface area contributed by atoms with Gasteiger partial charge in [-0.1, -0.05) is 6.92 Å². The number of amides is 1. The molecule has 2 heterocycles. The number of carbonyl (C=O) groups is 2. The SMILES string of the molecule is CC1CCC(C(=O)N(c2nn(-c3ccc(-c4cc5cc(N)ccc5o4)cc3)cc2C(=O)O)C(C)C)CC1. The van der Waals surface area contributed by atoms with E-state index in [1.54, 1.807) is 11.0 Å². The van der Waals surface area contributed by atoms with Crippen LogP contribution in [0.4, 0.5) is 11.5 Å². The van der Waals surface area contributed by atoms with Crippen LogP contribution in [0.2, 0.25) is 0 Å². The predicted molar refractivity (Wildman–Crippen MR) is 144 cm³/mol. The first-order valence-electron chi connectivity index (χ1n) is 12.8. The van der Waals surface area contributed by atoms with Crippen molar-refractivity contribution in [3.05, 3.63) is 60.3 Å². The number of rotatable bonds is 6. The number of carbonyl (C=O) groups excluding carboxylic acids is 1. The number of aromatic carboxylic acids is 1. The topological polar surface area (TPSA) is 115 Å². The minimum absolute atomic E-state index is 0.00479. The van der Waals surface area contributed by atoms with Gasteiger partial charge in [0.1, 0.15) is 16.9 Å². The smallest absolute Gasteiger partial charge is 0.341 e. The quantitative estimate of drug-likeness (QED) is 0.308. The number of nitrogen functional groups attached to an aromatic ring is 1. The second-order valence-corrected chi connectivity index (χ2v) is 10.3. The standard InChI is InChI=1S/C29H32N4O4/c1-17(2)33(28(34)20-6-4-18(3)5-7-20)27-24(29(35)36)16-32(31-27)23-11-8-19(9-12-23)26-15-21-14-22(30)10-13-25(21)37-26/h8-18,20H,4-7,30H2,1-3H3,(H,35,36). The molecule has 0 aliphatic heterocycles. The van der Waals surface area contributed by atoms with Crippen LogP contribution in [0.5, 0.6) is 0 Å². The molecule has 8 heteroatoms. The number of nitrogens with two attached hydrogens (primary N) is 1. The monoisotopic (exact) mass is 500 g/mol. The minimum atomic E-state index is -1.12. The van der Waals surface area contributed by atoms with Gasteiger partial charge in [-0.15, -0.1) is 5.10 Å². The van der Waals surface area contributed by atoms with Gasteiger partial charge in [0.25, 0.3) is 0 Å². The Morgan fingerprint density at radius 1 is 1.08 bits per heavy atom. The van der Waals surface area contributed by atoms with E-state index in [9.17, 15) is 14.7 Å². The summed E-state index contributed by atoms with van der Waals surface area (Å²) in [5.74, 6) is 0.239. The molecular formula is C29H32N4O4. The van der Waals surface area contributed by atoms with Crippen molar-refractivity contribution >= 4 is 34.4 Å². The van der Waals surface area contributed by atoms with E-state index in [0.29, 0.717) is 23.1 Å². The molecule has 1 aliphatic carbocycles. The first kappa shape index (κ1) is 24.6. The maximum absolute atomic E-state index is 13.5. The van der Waals surface area contributed by atoms with Crippen LogP contribution in [0, 0.1) is 11.8 Å². The van der Waals surface area contributed by atoms with Crippen LogP contribution in [-0.2, 0) is 4.79 Å². The van der Waals surface area contributed by atoms with Crippen LogP contribution in [0.3, 0.4) is 0 Å². The summed E-state index contributed by atoms with van der Waals surface area (Å²) in [6, 6.07) is 14.7.